The summed E-state index contributed by atoms with van der Waals surface area (Å²) < 4.78 is 5.95. The number of rotatable bonds is 3. The number of carbonyl (C=O) groups excluding carboxylic acids is 2. The number of esters is 1. The Labute approximate surface area is 186 Å². The van der Waals surface area contributed by atoms with Gasteiger partial charge in [-0.3, -0.25) is 14.9 Å². The monoisotopic (exact) mass is 427 g/mol. The van der Waals surface area contributed by atoms with E-state index in [1.807, 2.05) is 48.5 Å². The van der Waals surface area contributed by atoms with Gasteiger partial charge in [-0.2, -0.15) is 4.98 Å². The van der Waals surface area contributed by atoms with Gasteiger partial charge in [0.05, 0.1) is 11.1 Å². The summed E-state index contributed by atoms with van der Waals surface area (Å²) in [6.45, 7) is 13.0. The summed E-state index contributed by atoms with van der Waals surface area (Å²) >= 11 is 0. The van der Waals surface area contributed by atoms with Crippen LogP contribution in [0.4, 0.5) is 5.95 Å². The van der Waals surface area contributed by atoms with Crippen LogP contribution in [0, 0.1) is 35.5 Å². The van der Waals surface area contributed by atoms with Crippen molar-refractivity contribution in [2.24, 2.45) is 28.6 Å². The second-order valence-electron chi connectivity index (χ2n) is 12.4. The Morgan fingerprint density at radius 1 is 0.903 bits per heavy atom. The summed E-state index contributed by atoms with van der Waals surface area (Å²) in [7, 11) is 0. The lowest BCUT2D eigenvalue weighted by Crippen LogP contribution is -2.49. The number of hydrogen-bond donors (Lipinski definition) is 1. The number of ether oxygens (including phenoxy) is 1. The highest BCUT2D eigenvalue weighted by Gasteiger charge is 2.54. The van der Waals surface area contributed by atoms with Crippen LogP contribution in [-0.4, -0.2) is 21.8 Å². The van der Waals surface area contributed by atoms with Crippen LogP contribution in [0.2, 0.25) is 0 Å². The first-order chi connectivity index (χ1) is 14.3. The molecule has 4 aliphatic rings. The van der Waals surface area contributed by atoms with Gasteiger partial charge in [-0.1, -0.05) is 20.8 Å². The van der Waals surface area contributed by atoms with E-state index in [4.69, 9.17) is 4.74 Å². The predicted molar refractivity (Wildman–Crippen MR) is 120 cm³/mol. The molecule has 31 heavy (non-hydrogen) atoms. The fourth-order valence-corrected chi connectivity index (χ4v) is 6.23. The minimum Gasteiger partial charge on any atom is -0.407 e. The maximum Gasteiger partial charge on any atom is 0.317 e. The molecule has 6 nitrogen and oxygen atoms in total. The van der Waals surface area contributed by atoms with Crippen molar-refractivity contribution < 1.29 is 14.3 Å². The maximum absolute atomic E-state index is 12.8. The van der Waals surface area contributed by atoms with E-state index in [1.165, 1.54) is 19.3 Å². The van der Waals surface area contributed by atoms with E-state index < -0.39 is 10.8 Å². The SMILES string of the molecule is Cc1nc(NC(=O)C(C)(C)C)nc(OC(=O)C(C)(C)C)c1C12CC3CC(CC(C3)C1)C2. The van der Waals surface area contributed by atoms with Crippen LogP contribution in [0.25, 0.3) is 0 Å². The second-order valence-corrected chi connectivity index (χ2v) is 12.4. The first-order valence-corrected chi connectivity index (χ1v) is 11.7. The Morgan fingerprint density at radius 3 is 1.87 bits per heavy atom. The molecule has 0 saturated heterocycles. The quantitative estimate of drug-likeness (QED) is 0.672. The van der Waals surface area contributed by atoms with Crippen molar-refractivity contribution in [3.05, 3.63) is 11.3 Å². The second kappa shape index (κ2) is 7.28. The number of carbonyl (C=O) groups is 2. The highest BCUT2D eigenvalue weighted by atomic mass is 16.5. The van der Waals surface area contributed by atoms with E-state index in [1.54, 1.807) is 0 Å². The molecule has 1 aromatic rings. The van der Waals surface area contributed by atoms with Gasteiger partial charge in [-0.05, 0) is 84.0 Å². The molecule has 4 saturated carbocycles. The van der Waals surface area contributed by atoms with E-state index in [2.05, 4.69) is 15.3 Å². The third-order valence-corrected chi connectivity index (χ3v) is 7.33. The molecule has 1 N–H and O–H groups in total. The molecule has 5 rings (SSSR count). The zero-order valence-corrected chi connectivity index (χ0v) is 20.1. The molecule has 0 atom stereocenters. The van der Waals surface area contributed by atoms with Crippen LogP contribution in [0.5, 0.6) is 5.88 Å². The highest BCUT2D eigenvalue weighted by Crippen LogP contribution is 2.62. The smallest absolute Gasteiger partial charge is 0.317 e. The van der Waals surface area contributed by atoms with Gasteiger partial charge >= 0.3 is 5.97 Å². The lowest BCUT2D eigenvalue weighted by Gasteiger charge is -2.57. The molecule has 0 unspecified atom stereocenters. The Morgan fingerprint density at radius 2 is 1.42 bits per heavy atom. The number of hydrogen-bond acceptors (Lipinski definition) is 5. The van der Waals surface area contributed by atoms with Crippen molar-refractivity contribution in [2.45, 2.75) is 92.4 Å². The molecule has 4 aliphatic carbocycles. The summed E-state index contributed by atoms with van der Waals surface area (Å²) in [5.41, 5.74) is 0.583. The van der Waals surface area contributed by atoms with E-state index in [0.717, 1.165) is 48.3 Å². The molecule has 1 aromatic heterocycles. The summed E-state index contributed by atoms with van der Waals surface area (Å²) in [4.78, 5) is 34.7. The van der Waals surface area contributed by atoms with Crippen molar-refractivity contribution in [3.63, 3.8) is 0 Å². The molecule has 0 spiro atoms. The Balaban J connectivity index is 1.77. The highest BCUT2D eigenvalue weighted by molar-refractivity contribution is 5.93. The third kappa shape index (κ3) is 4.22. The first kappa shape index (κ1) is 22.2. The lowest BCUT2D eigenvalue weighted by molar-refractivity contribution is -0.143. The Bertz CT molecular complexity index is 873. The van der Waals surface area contributed by atoms with Gasteiger partial charge in [0.1, 0.15) is 0 Å². The van der Waals surface area contributed by atoms with Crippen LogP contribution in [0.1, 0.15) is 91.3 Å². The lowest BCUT2D eigenvalue weighted by atomic mass is 9.48. The molecule has 0 aromatic carbocycles. The largest absolute Gasteiger partial charge is 0.407 e. The number of nitrogens with one attached hydrogen (secondary N) is 1. The summed E-state index contributed by atoms with van der Waals surface area (Å²) in [5.74, 6) is 2.32. The van der Waals surface area contributed by atoms with Gasteiger partial charge in [0.15, 0.2) is 0 Å². The minimum absolute atomic E-state index is 0.0150. The molecular formula is C25H37N3O3. The van der Waals surface area contributed by atoms with Crippen molar-refractivity contribution in [1.82, 2.24) is 9.97 Å². The zero-order chi connectivity index (χ0) is 22.8. The Hall–Kier alpha value is -1.98. The third-order valence-electron chi connectivity index (χ3n) is 7.33. The van der Waals surface area contributed by atoms with Gasteiger partial charge < -0.3 is 4.74 Å². The fraction of sp³-hybridized carbons (Fsp3) is 0.760. The number of anilines is 1. The van der Waals surface area contributed by atoms with E-state index in [-0.39, 0.29) is 23.2 Å². The maximum atomic E-state index is 12.8. The van der Waals surface area contributed by atoms with Crippen molar-refractivity contribution in [3.8, 4) is 5.88 Å². The van der Waals surface area contributed by atoms with Gasteiger partial charge in [0.25, 0.3) is 0 Å². The molecule has 0 aliphatic heterocycles. The average Bonchev–Trinajstić information content (AvgIpc) is 2.58. The first-order valence-electron chi connectivity index (χ1n) is 11.7. The van der Waals surface area contributed by atoms with Gasteiger partial charge in [-0.15, -0.1) is 0 Å². The average molecular weight is 428 g/mol. The molecule has 0 radical (unpaired) electrons. The Kier molecular flexibility index (Phi) is 5.22. The van der Waals surface area contributed by atoms with Crippen LogP contribution in [-0.2, 0) is 15.0 Å². The molecule has 1 amide bonds. The number of aromatic nitrogens is 2. The zero-order valence-electron chi connectivity index (χ0n) is 20.1. The molecule has 1 heterocycles. The van der Waals surface area contributed by atoms with Gasteiger partial charge in [-0.25, -0.2) is 4.98 Å². The standard InChI is InChI=1S/C25H37N3O3/c1-14-18(25-11-15-8-16(12-25)10-17(9-15)13-25)19(31-21(30)24(5,6)7)27-22(26-14)28-20(29)23(2,3)4/h15-17H,8-13H2,1-7H3,(H,26,27,28,29). The summed E-state index contributed by atoms with van der Waals surface area (Å²) in [6.07, 6.45) is 7.35. The van der Waals surface area contributed by atoms with Gasteiger partial charge in [0.2, 0.25) is 17.7 Å². The minimum atomic E-state index is -0.646. The molecule has 170 valence electrons. The normalized spacial score (nSPS) is 29.7. The molecular weight excluding hydrogens is 390 g/mol. The van der Waals surface area contributed by atoms with E-state index in [0.29, 0.717) is 5.88 Å². The predicted octanol–water partition coefficient (Wildman–Crippen LogP) is 5.19. The van der Waals surface area contributed by atoms with Crippen molar-refractivity contribution in [2.75, 3.05) is 5.32 Å². The van der Waals surface area contributed by atoms with E-state index >= 15 is 0 Å². The van der Waals surface area contributed by atoms with Crippen LogP contribution in [0.15, 0.2) is 0 Å². The fourth-order valence-electron chi connectivity index (χ4n) is 6.23. The molecule has 6 heteroatoms. The number of amides is 1. The van der Waals surface area contributed by atoms with Crippen molar-refractivity contribution in [1.29, 1.82) is 0 Å². The molecule has 4 fully saturated rings. The summed E-state index contributed by atoms with van der Waals surface area (Å²) in [5, 5.41) is 2.82. The van der Waals surface area contributed by atoms with Crippen LogP contribution in [0.3, 0.4) is 0 Å². The number of nitrogens with zero attached hydrogens (tertiary/aromatic N) is 2. The summed E-state index contributed by atoms with van der Waals surface area (Å²) in [6, 6.07) is 0. The van der Waals surface area contributed by atoms with E-state index in [9.17, 15) is 9.59 Å². The topological polar surface area (TPSA) is 81.2 Å². The number of aryl methyl sites for hydroxylation is 1. The van der Waals surface area contributed by atoms with Crippen molar-refractivity contribution >= 4 is 17.8 Å². The molecule has 4 bridgehead atoms. The van der Waals surface area contributed by atoms with Crippen LogP contribution >= 0.6 is 0 Å². The van der Waals surface area contributed by atoms with Crippen LogP contribution < -0.4 is 10.1 Å². The van der Waals surface area contributed by atoms with Gasteiger partial charge in [0, 0.05) is 16.4 Å².